The van der Waals surface area contributed by atoms with Crippen LogP contribution in [0.25, 0.3) is 0 Å². The van der Waals surface area contributed by atoms with E-state index in [1.165, 1.54) is 0 Å². The Kier molecular flexibility index (Phi) is 2.42. The predicted octanol–water partition coefficient (Wildman–Crippen LogP) is 3.19. The van der Waals surface area contributed by atoms with Crippen LogP contribution in [-0.4, -0.2) is 0 Å². The molecule has 1 nitrogen and oxygen atoms in total. The first-order valence-electron chi connectivity index (χ1n) is 2.79. The minimum atomic E-state index is -1.66. The molecule has 0 saturated heterocycles. The molecular formula is C6H2ClF4N. The van der Waals surface area contributed by atoms with E-state index in [9.17, 15) is 17.7 Å². The first-order chi connectivity index (χ1) is 5.54. The second kappa shape index (κ2) is 3.18. The average Bonchev–Trinajstić information content (AvgIpc) is 2.00. The maximum Gasteiger partial charge on any atom is 0.189 e. The van der Waals surface area contributed by atoms with Crippen LogP contribution in [0, 0.1) is 11.6 Å². The Morgan fingerprint density at radius 2 is 1.67 bits per heavy atom. The lowest BCUT2D eigenvalue weighted by atomic mass is 10.3. The highest BCUT2D eigenvalue weighted by Gasteiger charge is 2.16. The molecule has 0 aliphatic rings. The van der Waals surface area contributed by atoms with Crippen LogP contribution in [-0.2, 0) is 0 Å². The van der Waals surface area contributed by atoms with E-state index in [2.05, 4.69) is 0 Å². The van der Waals surface area contributed by atoms with Gasteiger partial charge in [0.1, 0.15) is 5.69 Å². The maximum atomic E-state index is 12.5. The van der Waals surface area contributed by atoms with Gasteiger partial charge in [0.15, 0.2) is 11.6 Å². The Balaban J connectivity index is 3.27. The molecular weight excluding hydrogens is 198 g/mol. The Hall–Kier alpha value is -0.970. The van der Waals surface area contributed by atoms with Crippen molar-refractivity contribution in [2.45, 2.75) is 0 Å². The van der Waals surface area contributed by atoms with Gasteiger partial charge >= 0.3 is 0 Å². The fraction of sp³-hybridized carbons (Fsp3) is 0. The third kappa shape index (κ3) is 1.45. The van der Waals surface area contributed by atoms with Crippen LogP contribution in [0.2, 0.25) is 5.02 Å². The van der Waals surface area contributed by atoms with Gasteiger partial charge < -0.3 is 0 Å². The zero-order chi connectivity index (χ0) is 9.30. The molecule has 66 valence electrons. The Labute approximate surface area is 70.0 Å². The molecule has 0 aliphatic heterocycles. The summed E-state index contributed by atoms with van der Waals surface area (Å²) >= 11 is 5.11. The van der Waals surface area contributed by atoms with Crippen LogP contribution in [0.1, 0.15) is 0 Å². The van der Waals surface area contributed by atoms with Crippen LogP contribution in [0.15, 0.2) is 12.1 Å². The maximum absolute atomic E-state index is 12.5. The number of anilines is 1. The first-order valence-corrected chi connectivity index (χ1v) is 3.17. The van der Waals surface area contributed by atoms with Crippen molar-refractivity contribution in [2.75, 3.05) is 5.34 Å². The summed E-state index contributed by atoms with van der Waals surface area (Å²) in [6, 6.07) is 1.53. The van der Waals surface area contributed by atoms with Gasteiger partial charge in [-0.3, -0.25) is 0 Å². The molecule has 0 heterocycles. The minimum absolute atomic E-state index is 0.530. The van der Waals surface area contributed by atoms with Crippen molar-refractivity contribution < 1.29 is 17.7 Å². The lowest BCUT2D eigenvalue weighted by Gasteiger charge is -2.04. The molecule has 6 heteroatoms. The summed E-state index contributed by atoms with van der Waals surface area (Å²) in [6.07, 6.45) is 0. The van der Waals surface area contributed by atoms with E-state index >= 15 is 0 Å². The quantitative estimate of drug-likeness (QED) is 0.381. The van der Waals surface area contributed by atoms with Gasteiger partial charge in [-0.1, -0.05) is 20.6 Å². The van der Waals surface area contributed by atoms with Gasteiger partial charge in [0.2, 0.25) is 0 Å². The second-order valence-corrected chi connectivity index (χ2v) is 2.33. The van der Waals surface area contributed by atoms with Crippen molar-refractivity contribution in [1.82, 2.24) is 0 Å². The molecule has 1 aromatic rings. The third-order valence-electron chi connectivity index (χ3n) is 1.20. The van der Waals surface area contributed by atoms with E-state index in [1.807, 2.05) is 0 Å². The molecule has 0 aliphatic carbocycles. The zero-order valence-corrected chi connectivity index (χ0v) is 6.25. The Bertz CT molecular complexity index is 302. The summed E-state index contributed by atoms with van der Waals surface area (Å²) in [4.78, 5) is 0. The Morgan fingerprint density at radius 1 is 1.08 bits per heavy atom. The highest BCUT2D eigenvalue weighted by atomic mass is 35.5. The fourth-order valence-electron chi connectivity index (χ4n) is 0.646. The molecule has 0 radical (unpaired) electrons. The molecule has 0 fully saturated rings. The lowest BCUT2D eigenvalue weighted by Crippen LogP contribution is -2.01. The molecule has 1 aromatic carbocycles. The molecule has 0 atom stereocenters. The van der Waals surface area contributed by atoms with E-state index in [4.69, 9.17) is 11.6 Å². The molecule has 0 amide bonds. The largest absolute Gasteiger partial charge is 0.202 e. The monoisotopic (exact) mass is 199 g/mol. The number of hydrogen-bond donors (Lipinski definition) is 0. The van der Waals surface area contributed by atoms with Gasteiger partial charge in [-0.05, 0) is 17.5 Å². The molecule has 0 unspecified atom stereocenters. The first kappa shape index (κ1) is 9.12. The molecule has 0 spiro atoms. The topological polar surface area (TPSA) is 3.24 Å². The summed E-state index contributed by atoms with van der Waals surface area (Å²) in [5.41, 5.74) is -1.14. The standard InChI is InChI=1S/C6H2ClF4N/c7-3-1-2-4(12(10)11)6(9)5(3)8/h1-2H. The molecule has 12 heavy (non-hydrogen) atoms. The number of hydrogen-bond acceptors (Lipinski definition) is 1. The van der Waals surface area contributed by atoms with Crippen LogP contribution in [0.3, 0.4) is 0 Å². The second-order valence-electron chi connectivity index (χ2n) is 1.93. The average molecular weight is 200 g/mol. The number of nitrogens with zero attached hydrogens (tertiary/aromatic N) is 1. The number of benzene rings is 1. The summed E-state index contributed by atoms with van der Waals surface area (Å²) in [6.45, 7) is 0. The van der Waals surface area contributed by atoms with Crippen molar-refractivity contribution in [2.24, 2.45) is 0 Å². The molecule has 0 aromatic heterocycles. The van der Waals surface area contributed by atoms with E-state index in [0.29, 0.717) is 6.07 Å². The van der Waals surface area contributed by atoms with Gasteiger partial charge in [-0.2, -0.15) is 0 Å². The van der Waals surface area contributed by atoms with Crippen LogP contribution >= 0.6 is 11.6 Å². The SMILES string of the molecule is Fc1c(Cl)ccc(N(F)F)c1F. The zero-order valence-electron chi connectivity index (χ0n) is 5.49. The summed E-state index contributed by atoms with van der Waals surface area (Å²) in [5.74, 6) is -3.14. The van der Waals surface area contributed by atoms with Gasteiger partial charge in [0, 0.05) is 0 Å². The summed E-state index contributed by atoms with van der Waals surface area (Å²) in [7, 11) is 0. The molecule has 0 N–H and O–H groups in total. The number of rotatable bonds is 1. The van der Waals surface area contributed by atoms with Gasteiger partial charge in [-0.25, -0.2) is 8.78 Å². The van der Waals surface area contributed by atoms with E-state index in [0.717, 1.165) is 6.07 Å². The van der Waals surface area contributed by atoms with Crippen molar-refractivity contribution >= 4 is 17.3 Å². The van der Waals surface area contributed by atoms with E-state index in [1.54, 1.807) is 0 Å². The predicted molar refractivity (Wildman–Crippen MR) is 36.1 cm³/mol. The highest BCUT2D eigenvalue weighted by molar-refractivity contribution is 6.30. The summed E-state index contributed by atoms with van der Waals surface area (Å²) in [5, 5.41) is -2.05. The van der Waals surface area contributed by atoms with Gasteiger partial charge in [-0.15, -0.1) is 0 Å². The smallest absolute Gasteiger partial charge is 0.189 e. The van der Waals surface area contributed by atoms with E-state index in [-0.39, 0.29) is 0 Å². The van der Waals surface area contributed by atoms with Gasteiger partial charge in [0.25, 0.3) is 0 Å². The van der Waals surface area contributed by atoms with Crippen LogP contribution in [0.4, 0.5) is 23.4 Å². The normalized spacial score (nSPS) is 10.1. The van der Waals surface area contributed by atoms with Crippen LogP contribution < -0.4 is 5.34 Å². The third-order valence-corrected chi connectivity index (χ3v) is 1.49. The fourth-order valence-corrected chi connectivity index (χ4v) is 0.792. The Morgan fingerprint density at radius 3 is 2.17 bits per heavy atom. The van der Waals surface area contributed by atoms with Gasteiger partial charge in [0.05, 0.1) is 5.02 Å². The van der Waals surface area contributed by atoms with Crippen molar-refractivity contribution in [3.63, 3.8) is 0 Å². The van der Waals surface area contributed by atoms with Crippen molar-refractivity contribution in [1.29, 1.82) is 0 Å². The molecule has 0 saturated carbocycles. The summed E-state index contributed by atoms with van der Waals surface area (Å²) < 4.78 is 48.5. The van der Waals surface area contributed by atoms with Crippen molar-refractivity contribution in [3.8, 4) is 0 Å². The molecule has 0 bridgehead atoms. The van der Waals surface area contributed by atoms with Crippen LogP contribution in [0.5, 0.6) is 0 Å². The highest BCUT2D eigenvalue weighted by Crippen LogP contribution is 2.27. The van der Waals surface area contributed by atoms with Crippen molar-refractivity contribution in [3.05, 3.63) is 28.8 Å². The molecule has 1 rings (SSSR count). The number of halogens is 5. The lowest BCUT2D eigenvalue weighted by molar-refractivity contribution is 0.229. The minimum Gasteiger partial charge on any atom is -0.202 e. The van der Waals surface area contributed by atoms with E-state index < -0.39 is 27.7 Å².